The predicted octanol–water partition coefficient (Wildman–Crippen LogP) is 0.762. The van der Waals surface area contributed by atoms with Crippen molar-refractivity contribution < 1.29 is 9.90 Å². The van der Waals surface area contributed by atoms with Crippen molar-refractivity contribution in [2.24, 2.45) is 5.73 Å². The van der Waals surface area contributed by atoms with Crippen molar-refractivity contribution in [3.63, 3.8) is 0 Å². The lowest BCUT2D eigenvalue weighted by molar-refractivity contribution is -0.138. The van der Waals surface area contributed by atoms with E-state index >= 15 is 0 Å². The van der Waals surface area contributed by atoms with E-state index in [1.807, 2.05) is 0 Å². The van der Waals surface area contributed by atoms with E-state index < -0.39 is 12.0 Å². The molecule has 0 spiro atoms. The smallest absolute Gasteiger partial charge is 0.328 e. The molecule has 2 rings (SSSR count). The number of aromatic amines is 1. The number of hydrogen-bond donors (Lipinski definition) is 3. The Balaban J connectivity index is 2.12. The van der Waals surface area contributed by atoms with Gasteiger partial charge < -0.3 is 15.8 Å². The molecule has 1 aliphatic rings. The number of nitrogens with two attached hydrogens (primary N) is 1. The van der Waals surface area contributed by atoms with Crippen LogP contribution in [0.1, 0.15) is 42.7 Å². The van der Waals surface area contributed by atoms with Crippen LogP contribution in [0.15, 0.2) is 6.20 Å². The van der Waals surface area contributed by atoms with Crippen LogP contribution >= 0.6 is 0 Å². The first-order chi connectivity index (χ1) is 6.68. The molecule has 14 heavy (non-hydrogen) atoms. The molecule has 1 unspecified atom stereocenters. The molecular formula is C9H13N3O2. The lowest BCUT2D eigenvalue weighted by Crippen LogP contribution is -2.22. The highest BCUT2D eigenvalue weighted by Crippen LogP contribution is 2.35. The van der Waals surface area contributed by atoms with E-state index in [1.54, 1.807) is 6.20 Å². The zero-order chi connectivity index (χ0) is 10.1. The van der Waals surface area contributed by atoms with Gasteiger partial charge >= 0.3 is 5.97 Å². The van der Waals surface area contributed by atoms with Crippen LogP contribution < -0.4 is 5.73 Å². The van der Waals surface area contributed by atoms with Crippen LogP contribution in [-0.2, 0) is 4.79 Å². The summed E-state index contributed by atoms with van der Waals surface area (Å²) in [5, 5.41) is 8.67. The molecule has 1 aliphatic carbocycles. The van der Waals surface area contributed by atoms with Gasteiger partial charge in [0.1, 0.15) is 5.82 Å². The second-order valence-electron chi connectivity index (χ2n) is 3.67. The number of carboxylic acid groups (broad SMARTS) is 1. The lowest BCUT2D eigenvalue weighted by Gasteiger charge is -2.23. The summed E-state index contributed by atoms with van der Waals surface area (Å²) in [5.41, 5.74) is 6.43. The molecule has 1 atom stereocenters. The van der Waals surface area contributed by atoms with Gasteiger partial charge in [0, 0.05) is 17.8 Å². The molecule has 0 aromatic carbocycles. The Morgan fingerprint density at radius 2 is 2.43 bits per heavy atom. The molecule has 5 nitrogen and oxygen atoms in total. The van der Waals surface area contributed by atoms with Gasteiger partial charge in [-0.15, -0.1) is 0 Å². The molecule has 0 bridgehead atoms. The molecule has 1 fully saturated rings. The Kier molecular flexibility index (Phi) is 2.25. The molecule has 1 aromatic rings. The maximum atomic E-state index is 10.6. The van der Waals surface area contributed by atoms with Crippen molar-refractivity contribution in [1.82, 2.24) is 9.97 Å². The number of carboxylic acids is 1. The Morgan fingerprint density at radius 1 is 1.71 bits per heavy atom. The van der Waals surface area contributed by atoms with Crippen molar-refractivity contribution in [2.45, 2.75) is 31.2 Å². The largest absolute Gasteiger partial charge is 0.480 e. The standard InChI is InChI=1S/C9H13N3O2/c10-7(9(13)14)8-11-4-6(12-8)5-2-1-3-5/h4-5,7H,1-3,10H2,(H,11,12)(H,13,14). The van der Waals surface area contributed by atoms with Gasteiger partial charge in [0.25, 0.3) is 0 Å². The zero-order valence-electron chi connectivity index (χ0n) is 7.73. The van der Waals surface area contributed by atoms with Gasteiger partial charge in [0.15, 0.2) is 6.04 Å². The number of nitrogens with one attached hydrogen (secondary N) is 1. The van der Waals surface area contributed by atoms with Crippen LogP contribution in [0.4, 0.5) is 0 Å². The van der Waals surface area contributed by atoms with E-state index in [4.69, 9.17) is 10.8 Å². The van der Waals surface area contributed by atoms with Crippen LogP contribution in [0.2, 0.25) is 0 Å². The Morgan fingerprint density at radius 3 is 2.93 bits per heavy atom. The zero-order valence-corrected chi connectivity index (χ0v) is 7.73. The van der Waals surface area contributed by atoms with Gasteiger partial charge in [-0.2, -0.15) is 0 Å². The van der Waals surface area contributed by atoms with Crippen molar-refractivity contribution in [3.05, 3.63) is 17.7 Å². The minimum atomic E-state index is -1.06. The van der Waals surface area contributed by atoms with E-state index in [0.717, 1.165) is 18.5 Å². The third-order valence-corrected chi connectivity index (χ3v) is 2.72. The van der Waals surface area contributed by atoms with E-state index in [1.165, 1.54) is 6.42 Å². The molecule has 1 aromatic heterocycles. The normalized spacial score (nSPS) is 18.9. The number of carbonyl (C=O) groups is 1. The van der Waals surface area contributed by atoms with Crippen LogP contribution in [0, 0.1) is 0 Å². The minimum Gasteiger partial charge on any atom is -0.480 e. The SMILES string of the molecule is NC(C(=O)O)c1ncc(C2CCC2)[nH]1. The first-order valence-corrected chi connectivity index (χ1v) is 4.71. The summed E-state index contributed by atoms with van der Waals surface area (Å²) >= 11 is 0. The number of aromatic nitrogens is 2. The number of rotatable bonds is 3. The highest BCUT2D eigenvalue weighted by Gasteiger charge is 2.24. The highest BCUT2D eigenvalue weighted by molar-refractivity contribution is 5.73. The molecule has 0 amide bonds. The molecule has 76 valence electrons. The quantitative estimate of drug-likeness (QED) is 0.664. The first-order valence-electron chi connectivity index (χ1n) is 4.71. The summed E-state index contributed by atoms with van der Waals surface area (Å²) in [7, 11) is 0. The predicted molar refractivity (Wildman–Crippen MR) is 49.7 cm³/mol. The van der Waals surface area contributed by atoms with Crippen molar-refractivity contribution >= 4 is 5.97 Å². The Hall–Kier alpha value is -1.36. The van der Waals surface area contributed by atoms with Crippen molar-refractivity contribution in [2.75, 3.05) is 0 Å². The Bertz CT molecular complexity index is 344. The summed E-state index contributed by atoms with van der Waals surface area (Å²) in [5.74, 6) is -0.184. The molecule has 1 saturated carbocycles. The third kappa shape index (κ3) is 1.50. The first kappa shape index (κ1) is 9.21. The van der Waals surface area contributed by atoms with Crippen LogP contribution in [0.5, 0.6) is 0 Å². The third-order valence-electron chi connectivity index (χ3n) is 2.72. The summed E-state index contributed by atoms with van der Waals surface area (Å²) < 4.78 is 0. The van der Waals surface area contributed by atoms with Crippen molar-refractivity contribution in [3.8, 4) is 0 Å². The molecule has 0 saturated heterocycles. The summed E-state index contributed by atoms with van der Waals surface area (Å²) in [6.07, 6.45) is 5.25. The molecule has 0 radical (unpaired) electrons. The second-order valence-corrected chi connectivity index (χ2v) is 3.67. The van der Waals surface area contributed by atoms with E-state index in [-0.39, 0.29) is 0 Å². The average Bonchev–Trinajstić information content (AvgIpc) is 2.48. The van der Waals surface area contributed by atoms with E-state index in [0.29, 0.717) is 11.7 Å². The molecule has 4 N–H and O–H groups in total. The molecular weight excluding hydrogens is 182 g/mol. The maximum absolute atomic E-state index is 10.6. The van der Waals surface area contributed by atoms with Gasteiger partial charge in [-0.3, -0.25) is 4.79 Å². The second kappa shape index (κ2) is 3.42. The van der Waals surface area contributed by atoms with Gasteiger partial charge in [-0.05, 0) is 12.8 Å². The number of aliphatic carboxylic acids is 1. The maximum Gasteiger partial charge on any atom is 0.328 e. The van der Waals surface area contributed by atoms with Crippen LogP contribution in [0.3, 0.4) is 0 Å². The number of imidazole rings is 1. The molecule has 1 heterocycles. The lowest BCUT2D eigenvalue weighted by atomic mass is 9.83. The van der Waals surface area contributed by atoms with E-state index in [2.05, 4.69) is 9.97 Å². The molecule has 5 heteroatoms. The number of H-pyrrole nitrogens is 1. The topological polar surface area (TPSA) is 92.0 Å². The Labute approximate surface area is 81.3 Å². The monoisotopic (exact) mass is 195 g/mol. The summed E-state index contributed by atoms with van der Waals surface area (Å²) in [6.45, 7) is 0. The average molecular weight is 195 g/mol. The summed E-state index contributed by atoms with van der Waals surface area (Å²) in [4.78, 5) is 17.5. The fourth-order valence-electron chi connectivity index (χ4n) is 1.55. The van der Waals surface area contributed by atoms with Crippen LogP contribution in [-0.4, -0.2) is 21.0 Å². The van der Waals surface area contributed by atoms with Crippen LogP contribution in [0.25, 0.3) is 0 Å². The summed E-state index contributed by atoms with van der Waals surface area (Å²) in [6, 6.07) is -1.04. The number of hydrogen-bond acceptors (Lipinski definition) is 3. The highest BCUT2D eigenvalue weighted by atomic mass is 16.4. The van der Waals surface area contributed by atoms with E-state index in [9.17, 15) is 4.79 Å². The van der Waals surface area contributed by atoms with Gasteiger partial charge in [-0.1, -0.05) is 6.42 Å². The van der Waals surface area contributed by atoms with Gasteiger partial charge in [0.2, 0.25) is 0 Å². The minimum absolute atomic E-state index is 0.347. The van der Waals surface area contributed by atoms with Gasteiger partial charge in [0.05, 0.1) is 0 Å². The fourth-order valence-corrected chi connectivity index (χ4v) is 1.55. The molecule has 0 aliphatic heterocycles. The number of nitrogens with zero attached hydrogens (tertiary/aromatic N) is 1. The fraction of sp³-hybridized carbons (Fsp3) is 0.556. The van der Waals surface area contributed by atoms with Gasteiger partial charge in [-0.25, -0.2) is 4.98 Å². The van der Waals surface area contributed by atoms with Crippen molar-refractivity contribution in [1.29, 1.82) is 0 Å².